The highest BCUT2D eigenvalue weighted by Crippen LogP contribution is 2.26. The summed E-state index contributed by atoms with van der Waals surface area (Å²) in [5, 5.41) is 10.9. The molecule has 0 atom stereocenters. The van der Waals surface area contributed by atoms with Gasteiger partial charge in [0.25, 0.3) is 0 Å². The average Bonchev–Trinajstić information content (AvgIpc) is 2.77. The van der Waals surface area contributed by atoms with Gasteiger partial charge < -0.3 is 10.8 Å². The van der Waals surface area contributed by atoms with Gasteiger partial charge >= 0.3 is 5.97 Å². The molecule has 3 N–H and O–H groups in total. The van der Waals surface area contributed by atoms with Crippen LogP contribution in [0.5, 0.6) is 0 Å². The van der Waals surface area contributed by atoms with Gasteiger partial charge in [0.15, 0.2) is 0 Å². The van der Waals surface area contributed by atoms with Crippen LogP contribution in [0.15, 0.2) is 35.7 Å². The Morgan fingerprint density at radius 1 is 1.31 bits per heavy atom. The van der Waals surface area contributed by atoms with E-state index in [1.54, 1.807) is 29.5 Å². The van der Waals surface area contributed by atoms with Crippen LogP contribution in [0.4, 0.5) is 0 Å². The van der Waals surface area contributed by atoms with Crippen molar-refractivity contribution in [1.82, 2.24) is 0 Å². The molecule has 0 spiro atoms. The number of carboxylic acids is 1. The van der Waals surface area contributed by atoms with Crippen LogP contribution in [-0.4, -0.2) is 11.1 Å². The van der Waals surface area contributed by atoms with Gasteiger partial charge in [0.2, 0.25) is 0 Å². The SMILES string of the molecule is NCc1cc(-c2cccc(C(=O)O)c2)cs1. The number of aromatic carboxylic acids is 1. The topological polar surface area (TPSA) is 63.3 Å². The third-order valence-electron chi connectivity index (χ3n) is 2.30. The Bertz CT molecular complexity index is 519. The van der Waals surface area contributed by atoms with Crippen LogP contribution in [0.25, 0.3) is 11.1 Å². The van der Waals surface area contributed by atoms with Crippen molar-refractivity contribution in [2.75, 3.05) is 0 Å². The van der Waals surface area contributed by atoms with Gasteiger partial charge in [-0.3, -0.25) is 0 Å². The quantitative estimate of drug-likeness (QED) is 0.856. The standard InChI is InChI=1S/C12H11NO2S/c13-6-11-5-10(7-16-11)8-2-1-3-9(4-8)12(14)15/h1-5,7H,6,13H2,(H,14,15). The largest absolute Gasteiger partial charge is 0.478 e. The van der Waals surface area contributed by atoms with Crippen LogP contribution in [0.1, 0.15) is 15.2 Å². The molecule has 0 radical (unpaired) electrons. The van der Waals surface area contributed by atoms with E-state index >= 15 is 0 Å². The lowest BCUT2D eigenvalue weighted by Gasteiger charge is -1.99. The predicted octanol–water partition coefficient (Wildman–Crippen LogP) is 2.57. The van der Waals surface area contributed by atoms with Gasteiger partial charge in [-0.15, -0.1) is 11.3 Å². The number of carboxylic acid groups (broad SMARTS) is 1. The maximum atomic E-state index is 10.8. The number of hydrogen-bond donors (Lipinski definition) is 2. The minimum absolute atomic E-state index is 0.304. The first-order chi connectivity index (χ1) is 7.70. The average molecular weight is 233 g/mol. The maximum Gasteiger partial charge on any atom is 0.335 e. The minimum Gasteiger partial charge on any atom is -0.478 e. The number of hydrogen-bond acceptors (Lipinski definition) is 3. The molecule has 0 aliphatic heterocycles. The molecule has 2 aromatic rings. The van der Waals surface area contributed by atoms with E-state index in [1.165, 1.54) is 0 Å². The summed E-state index contributed by atoms with van der Waals surface area (Å²) in [5.74, 6) is -0.906. The first-order valence-electron chi connectivity index (χ1n) is 4.82. The number of thiophene rings is 1. The monoisotopic (exact) mass is 233 g/mol. The zero-order valence-corrected chi connectivity index (χ0v) is 9.33. The summed E-state index contributed by atoms with van der Waals surface area (Å²) in [6, 6.07) is 8.89. The Balaban J connectivity index is 2.40. The lowest BCUT2D eigenvalue weighted by molar-refractivity contribution is 0.0697. The molecule has 16 heavy (non-hydrogen) atoms. The Kier molecular flexibility index (Phi) is 3.03. The maximum absolute atomic E-state index is 10.8. The number of rotatable bonds is 3. The third kappa shape index (κ3) is 2.13. The van der Waals surface area contributed by atoms with Crippen LogP contribution in [0, 0.1) is 0 Å². The van der Waals surface area contributed by atoms with Crippen molar-refractivity contribution < 1.29 is 9.90 Å². The molecule has 0 aliphatic carbocycles. The van der Waals surface area contributed by atoms with Crippen molar-refractivity contribution in [3.8, 4) is 11.1 Å². The predicted molar refractivity (Wildman–Crippen MR) is 64.6 cm³/mol. The lowest BCUT2D eigenvalue weighted by atomic mass is 10.1. The molecule has 1 heterocycles. The van der Waals surface area contributed by atoms with Crippen LogP contribution >= 0.6 is 11.3 Å². The first kappa shape index (κ1) is 10.9. The first-order valence-corrected chi connectivity index (χ1v) is 5.70. The summed E-state index contributed by atoms with van der Waals surface area (Å²) in [4.78, 5) is 11.9. The summed E-state index contributed by atoms with van der Waals surface area (Å²) in [6.45, 7) is 0.517. The molecule has 2 rings (SSSR count). The van der Waals surface area contributed by atoms with Gasteiger partial charge in [0.05, 0.1) is 5.56 Å². The summed E-state index contributed by atoms with van der Waals surface area (Å²) in [5.41, 5.74) is 7.77. The van der Waals surface area contributed by atoms with E-state index in [9.17, 15) is 4.79 Å². The highest BCUT2D eigenvalue weighted by molar-refractivity contribution is 7.10. The zero-order chi connectivity index (χ0) is 11.5. The molecular formula is C12H11NO2S. The normalized spacial score (nSPS) is 10.3. The van der Waals surface area contributed by atoms with Crippen molar-refractivity contribution in [2.45, 2.75) is 6.54 Å². The molecule has 1 aromatic carbocycles. The van der Waals surface area contributed by atoms with E-state index in [0.717, 1.165) is 16.0 Å². The van der Waals surface area contributed by atoms with Gasteiger partial charge in [-0.2, -0.15) is 0 Å². The third-order valence-corrected chi connectivity index (χ3v) is 3.26. The second-order valence-electron chi connectivity index (χ2n) is 3.39. The molecule has 0 aliphatic rings. The van der Waals surface area contributed by atoms with Crippen molar-refractivity contribution >= 4 is 17.3 Å². The molecule has 0 unspecified atom stereocenters. The van der Waals surface area contributed by atoms with E-state index in [4.69, 9.17) is 10.8 Å². The van der Waals surface area contributed by atoms with Crippen LogP contribution < -0.4 is 5.73 Å². The van der Waals surface area contributed by atoms with Gasteiger partial charge in [-0.05, 0) is 34.7 Å². The summed E-state index contributed by atoms with van der Waals surface area (Å²) < 4.78 is 0. The second kappa shape index (κ2) is 4.47. The van der Waals surface area contributed by atoms with Crippen molar-refractivity contribution in [3.05, 3.63) is 46.2 Å². The fraction of sp³-hybridized carbons (Fsp3) is 0.0833. The molecular weight excluding hydrogens is 222 g/mol. The zero-order valence-electron chi connectivity index (χ0n) is 8.51. The van der Waals surface area contributed by atoms with Crippen LogP contribution in [0.2, 0.25) is 0 Å². The Morgan fingerprint density at radius 3 is 2.75 bits per heavy atom. The molecule has 4 heteroatoms. The highest BCUT2D eigenvalue weighted by Gasteiger charge is 2.06. The fourth-order valence-corrected chi connectivity index (χ4v) is 2.24. The Morgan fingerprint density at radius 2 is 2.12 bits per heavy atom. The lowest BCUT2D eigenvalue weighted by Crippen LogP contribution is -1.95. The van der Waals surface area contributed by atoms with Gasteiger partial charge in [0, 0.05) is 11.4 Å². The molecule has 0 saturated heterocycles. The Hall–Kier alpha value is -1.65. The second-order valence-corrected chi connectivity index (χ2v) is 4.39. The summed E-state index contributed by atoms with van der Waals surface area (Å²) in [7, 11) is 0. The molecule has 1 aromatic heterocycles. The van der Waals surface area contributed by atoms with Crippen LogP contribution in [0.3, 0.4) is 0 Å². The van der Waals surface area contributed by atoms with Gasteiger partial charge in [-0.1, -0.05) is 12.1 Å². The highest BCUT2D eigenvalue weighted by atomic mass is 32.1. The van der Waals surface area contributed by atoms with E-state index < -0.39 is 5.97 Å². The van der Waals surface area contributed by atoms with Crippen molar-refractivity contribution in [2.24, 2.45) is 5.73 Å². The molecule has 0 fully saturated rings. The molecule has 0 saturated carbocycles. The van der Waals surface area contributed by atoms with Crippen molar-refractivity contribution in [3.63, 3.8) is 0 Å². The summed E-state index contributed by atoms with van der Waals surface area (Å²) in [6.07, 6.45) is 0. The van der Waals surface area contributed by atoms with Gasteiger partial charge in [0.1, 0.15) is 0 Å². The minimum atomic E-state index is -0.906. The van der Waals surface area contributed by atoms with Crippen molar-refractivity contribution in [1.29, 1.82) is 0 Å². The number of nitrogens with two attached hydrogens (primary N) is 1. The molecule has 0 bridgehead atoms. The fourth-order valence-electron chi connectivity index (χ4n) is 1.47. The van der Waals surface area contributed by atoms with Crippen LogP contribution in [-0.2, 0) is 6.54 Å². The van der Waals surface area contributed by atoms with E-state index in [0.29, 0.717) is 12.1 Å². The smallest absolute Gasteiger partial charge is 0.335 e. The van der Waals surface area contributed by atoms with E-state index in [1.807, 2.05) is 17.5 Å². The van der Waals surface area contributed by atoms with Gasteiger partial charge in [-0.25, -0.2) is 4.79 Å². The number of benzene rings is 1. The number of carbonyl (C=O) groups is 1. The van der Waals surface area contributed by atoms with E-state index in [2.05, 4.69) is 0 Å². The molecule has 3 nitrogen and oxygen atoms in total. The van der Waals surface area contributed by atoms with E-state index in [-0.39, 0.29) is 0 Å². The summed E-state index contributed by atoms with van der Waals surface area (Å²) >= 11 is 1.59. The Labute approximate surface area is 97.2 Å². The molecule has 0 amide bonds. The molecule has 82 valence electrons.